The lowest BCUT2D eigenvalue weighted by atomic mass is 10.1. The highest BCUT2D eigenvalue weighted by molar-refractivity contribution is 5.88. The molecule has 1 aliphatic heterocycles. The second kappa shape index (κ2) is 7.95. The van der Waals surface area contributed by atoms with Crippen LogP contribution in [0.5, 0.6) is 0 Å². The summed E-state index contributed by atoms with van der Waals surface area (Å²) in [6.45, 7) is 0.890. The average Bonchev–Trinajstić information content (AvgIpc) is 3.25. The molecule has 1 saturated heterocycles. The van der Waals surface area contributed by atoms with Crippen LogP contribution in [0, 0.1) is 5.82 Å². The Labute approximate surface area is 152 Å². The molecule has 2 heterocycles. The van der Waals surface area contributed by atoms with Gasteiger partial charge in [-0.3, -0.25) is 4.68 Å². The smallest absolute Gasteiger partial charge is 0.376 e. The number of anilines is 1. The molecule has 146 valence electrons. The number of nitrogens with zero attached hydrogens (tertiary/aromatic N) is 2. The minimum Gasteiger partial charge on any atom is -0.376 e. The summed E-state index contributed by atoms with van der Waals surface area (Å²) in [7, 11) is 0. The first-order valence-electron chi connectivity index (χ1n) is 8.36. The van der Waals surface area contributed by atoms with Gasteiger partial charge in [-0.05, 0) is 30.5 Å². The van der Waals surface area contributed by atoms with E-state index in [0.29, 0.717) is 18.3 Å². The van der Waals surface area contributed by atoms with Crippen molar-refractivity contribution in [2.45, 2.75) is 38.2 Å². The maximum Gasteiger partial charge on any atom is 0.416 e. The van der Waals surface area contributed by atoms with Crippen molar-refractivity contribution < 1.29 is 27.1 Å². The Morgan fingerprint density at radius 3 is 2.89 bits per heavy atom. The van der Waals surface area contributed by atoms with Gasteiger partial charge >= 0.3 is 12.2 Å². The third-order valence-corrected chi connectivity index (χ3v) is 4.12. The number of urea groups is 1. The number of benzene rings is 1. The predicted octanol–water partition coefficient (Wildman–Crippen LogP) is 3.54. The third-order valence-electron chi connectivity index (χ3n) is 4.12. The number of carbonyl (C=O) groups excluding carboxylic acids is 1. The Balaban J connectivity index is 1.55. The number of carbonyl (C=O) groups is 1. The quantitative estimate of drug-likeness (QED) is 0.773. The van der Waals surface area contributed by atoms with Gasteiger partial charge in [0.2, 0.25) is 0 Å². The van der Waals surface area contributed by atoms with E-state index in [0.717, 1.165) is 31.6 Å². The standard InChI is InChI=1S/C17H18F4N4O2/c18-12-4-3-11(15(6-12)17(19,20)21)7-22-16(26)24-13-8-23-25(9-13)10-14-2-1-5-27-14/h3-4,6,8-9,14H,1-2,5,7,10H2,(H2,22,24,26). The Hall–Kier alpha value is -2.62. The Morgan fingerprint density at radius 2 is 2.19 bits per heavy atom. The molecular weight excluding hydrogens is 368 g/mol. The number of alkyl halides is 3. The van der Waals surface area contributed by atoms with E-state index >= 15 is 0 Å². The van der Waals surface area contributed by atoms with E-state index in [1.807, 2.05) is 0 Å². The van der Waals surface area contributed by atoms with Crippen molar-refractivity contribution in [3.05, 3.63) is 47.5 Å². The summed E-state index contributed by atoms with van der Waals surface area (Å²) in [5.74, 6) is -0.991. The van der Waals surface area contributed by atoms with E-state index in [9.17, 15) is 22.4 Å². The zero-order valence-electron chi connectivity index (χ0n) is 14.2. The van der Waals surface area contributed by atoms with Crippen molar-refractivity contribution >= 4 is 11.7 Å². The maximum atomic E-state index is 13.1. The number of aromatic nitrogens is 2. The molecule has 3 rings (SSSR count). The lowest BCUT2D eigenvalue weighted by molar-refractivity contribution is -0.138. The summed E-state index contributed by atoms with van der Waals surface area (Å²) in [6.07, 6.45) is 0.378. The van der Waals surface area contributed by atoms with Crippen molar-refractivity contribution in [3.63, 3.8) is 0 Å². The predicted molar refractivity (Wildman–Crippen MR) is 88.5 cm³/mol. The van der Waals surface area contributed by atoms with Gasteiger partial charge in [0.1, 0.15) is 5.82 Å². The summed E-state index contributed by atoms with van der Waals surface area (Å²) in [5, 5.41) is 8.94. The summed E-state index contributed by atoms with van der Waals surface area (Å²) in [4.78, 5) is 11.9. The SMILES string of the molecule is O=C(NCc1ccc(F)cc1C(F)(F)F)Nc1cnn(CC2CCCO2)c1. The second-order valence-electron chi connectivity index (χ2n) is 6.19. The van der Waals surface area contributed by atoms with E-state index in [2.05, 4.69) is 15.7 Å². The molecule has 1 aliphatic rings. The second-order valence-corrected chi connectivity index (χ2v) is 6.19. The molecule has 0 aliphatic carbocycles. The largest absolute Gasteiger partial charge is 0.416 e. The van der Waals surface area contributed by atoms with Crippen LogP contribution in [0.25, 0.3) is 0 Å². The molecule has 0 spiro atoms. The minimum absolute atomic E-state index is 0.0887. The first kappa shape index (κ1) is 19.2. The van der Waals surface area contributed by atoms with E-state index in [-0.39, 0.29) is 11.7 Å². The topological polar surface area (TPSA) is 68.2 Å². The molecule has 2 N–H and O–H groups in total. The van der Waals surface area contributed by atoms with Gasteiger partial charge in [0.15, 0.2) is 0 Å². The molecular formula is C17H18F4N4O2. The van der Waals surface area contributed by atoms with Crippen molar-refractivity contribution in [1.82, 2.24) is 15.1 Å². The zero-order valence-corrected chi connectivity index (χ0v) is 14.2. The molecule has 1 aromatic carbocycles. The number of halogens is 4. The molecule has 0 radical (unpaired) electrons. The fraction of sp³-hybridized carbons (Fsp3) is 0.412. The van der Waals surface area contributed by atoms with Crippen molar-refractivity contribution in [2.75, 3.05) is 11.9 Å². The van der Waals surface area contributed by atoms with Crippen LogP contribution in [-0.2, 0) is 24.0 Å². The highest BCUT2D eigenvalue weighted by Gasteiger charge is 2.33. The van der Waals surface area contributed by atoms with Crippen molar-refractivity contribution in [2.24, 2.45) is 0 Å². The van der Waals surface area contributed by atoms with Crippen LogP contribution in [0.4, 0.5) is 28.0 Å². The molecule has 1 aromatic heterocycles. The molecule has 10 heteroatoms. The number of hydrogen-bond acceptors (Lipinski definition) is 3. The molecule has 0 bridgehead atoms. The minimum atomic E-state index is -4.71. The Bertz CT molecular complexity index is 800. The highest BCUT2D eigenvalue weighted by atomic mass is 19.4. The molecule has 2 amide bonds. The van der Waals surface area contributed by atoms with Crippen LogP contribution in [0.1, 0.15) is 24.0 Å². The zero-order chi connectivity index (χ0) is 19.4. The lowest BCUT2D eigenvalue weighted by Crippen LogP contribution is -2.29. The third kappa shape index (κ3) is 5.19. The number of ether oxygens (including phenoxy) is 1. The molecule has 1 unspecified atom stereocenters. The molecule has 6 nitrogen and oxygen atoms in total. The van der Waals surface area contributed by atoms with E-state index in [1.165, 1.54) is 6.20 Å². The monoisotopic (exact) mass is 386 g/mol. The highest BCUT2D eigenvalue weighted by Crippen LogP contribution is 2.32. The van der Waals surface area contributed by atoms with E-state index < -0.39 is 30.1 Å². The van der Waals surface area contributed by atoms with Crippen molar-refractivity contribution in [1.29, 1.82) is 0 Å². The van der Waals surface area contributed by atoms with Crippen LogP contribution in [0.3, 0.4) is 0 Å². The normalized spacial score (nSPS) is 17.1. The van der Waals surface area contributed by atoms with Gasteiger partial charge in [-0.2, -0.15) is 18.3 Å². The van der Waals surface area contributed by atoms with Crippen LogP contribution in [0.15, 0.2) is 30.6 Å². The van der Waals surface area contributed by atoms with Gasteiger partial charge in [-0.15, -0.1) is 0 Å². The van der Waals surface area contributed by atoms with Gasteiger partial charge in [-0.1, -0.05) is 6.07 Å². The molecule has 1 atom stereocenters. The van der Waals surface area contributed by atoms with Gasteiger partial charge < -0.3 is 15.4 Å². The van der Waals surface area contributed by atoms with E-state index in [4.69, 9.17) is 4.74 Å². The number of hydrogen-bond donors (Lipinski definition) is 2. The number of rotatable bonds is 5. The summed E-state index contributed by atoms with van der Waals surface area (Å²) >= 11 is 0. The van der Waals surface area contributed by atoms with Crippen LogP contribution in [0.2, 0.25) is 0 Å². The van der Waals surface area contributed by atoms with Crippen molar-refractivity contribution in [3.8, 4) is 0 Å². The molecule has 27 heavy (non-hydrogen) atoms. The van der Waals surface area contributed by atoms with Gasteiger partial charge in [-0.25, -0.2) is 9.18 Å². The molecule has 1 fully saturated rings. The fourth-order valence-corrected chi connectivity index (χ4v) is 2.84. The first-order valence-corrected chi connectivity index (χ1v) is 8.36. The maximum absolute atomic E-state index is 13.1. The summed E-state index contributed by atoms with van der Waals surface area (Å²) < 4.78 is 59.1. The number of amides is 2. The molecule has 2 aromatic rings. The Kier molecular flexibility index (Phi) is 5.64. The van der Waals surface area contributed by atoms with E-state index in [1.54, 1.807) is 10.9 Å². The Morgan fingerprint density at radius 1 is 1.37 bits per heavy atom. The van der Waals surface area contributed by atoms with Crippen LogP contribution >= 0.6 is 0 Å². The summed E-state index contributed by atoms with van der Waals surface area (Å²) in [5.41, 5.74) is -0.944. The average molecular weight is 386 g/mol. The van der Waals surface area contributed by atoms with Gasteiger partial charge in [0.25, 0.3) is 0 Å². The van der Waals surface area contributed by atoms with Crippen LogP contribution < -0.4 is 10.6 Å². The summed E-state index contributed by atoms with van der Waals surface area (Å²) in [6, 6.07) is 1.63. The molecule has 0 saturated carbocycles. The van der Waals surface area contributed by atoms with Gasteiger partial charge in [0.05, 0.1) is 30.1 Å². The van der Waals surface area contributed by atoms with Gasteiger partial charge in [0, 0.05) is 19.3 Å². The first-order chi connectivity index (χ1) is 12.8. The lowest BCUT2D eigenvalue weighted by Gasteiger charge is -2.13. The number of nitrogens with one attached hydrogen (secondary N) is 2. The van der Waals surface area contributed by atoms with Crippen LogP contribution in [-0.4, -0.2) is 28.5 Å². The fourth-order valence-electron chi connectivity index (χ4n) is 2.84.